The predicted octanol–water partition coefficient (Wildman–Crippen LogP) is 2.54. The minimum atomic E-state index is -3.49. The van der Waals surface area contributed by atoms with Crippen LogP contribution in [0.25, 0.3) is 0 Å². The molecule has 0 saturated carbocycles. The highest BCUT2D eigenvalue weighted by Gasteiger charge is 2.32. The van der Waals surface area contributed by atoms with Crippen LogP contribution in [0.5, 0.6) is 5.75 Å². The van der Waals surface area contributed by atoms with Crippen molar-refractivity contribution in [2.24, 2.45) is 0 Å². The average molecular weight is 361 g/mol. The Morgan fingerprint density at radius 1 is 1.28 bits per heavy atom. The number of piperidine rings is 1. The Hall–Kier alpha value is -1.86. The molecular formula is C18H23N3O3S. The number of ether oxygens (including phenoxy) is 1. The van der Waals surface area contributed by atoms with Gasteiger partial charge >= 0.3 is 0 Å². The first-order valence-electron chi connectivity index (χ1n) is 8.81. The normalized spacial score (nSPS) is 21.6. The molecule has 0 spiro atoms. The molecule has 1 aromatic heterocycles. The number of aromatic nitrogens is 2. The van der Waals surface area contributed by atoms with Gasteiger partial charge in [-0.25, -0.2) is 8.42 Å². The standard InChI is InChI=1S/C18H23N3O3S/c1-14-11-19-21(12-14)16-5-2-8-20(13-16)25(22,23)17-6-7-18-15(10-17)4-3-9-24-18/h6-7,10-12,16H,2-5,8-9,13H2,1H3. The molecule has 4 rings (SSSR count). The fourth-order valence-electron chi connectivity index (χ4n) is 3.63. The Labute approximate surface area is 148 Å². The lowest BCUT2D eigenvalue weighted by Gasteiger charge is -2.32. The second-order valence-electron chi connectivity index (χ2n) is 6.88. The molecule has 2 aliphatic rings. The zero-order valence-corrected chi connectivity index (χ0v) is 15.2. The van der Waals surface area contributed by atoms with Crippen LogP contribution in [0.4, 0.5) is 0 Å². The lowest BCUT2D eigenvalue weighted by molar-refractivity contribution is 0.253. The van der Waals surface area contributed by atoms with Crippen LogP contribution in [-0.4, -0.2) is 42.2 Å². The lowest BCUT2D eigenvalue weighted by atomic mass is 10.1. The van der Waals surface area contributed by atoms with Gasteiger partial charge in [0.1, 0.15) is 5.75 Å². The number of rotatable bonds is 3. The highest BCUT2D eigenvalue weighted by atomic mass is 32.2. The van der Waals surface area contributed by atoms with Crippen LogP contribution >= 0.6 is 0 Å². The van der Waals surface area contributed by atoms with Crippen molar-refractivity contribution >= 4 is 10.0 Å². The van der Waals surface area contributed by atoms with Gasteiger partial charge in [-0.1, -0.05) is 0 Å². The third-order valence-corrected chi connectivity index (χ3v) is 6.84. The van der Waals surface area contributed by atoms with Crippen molar-refractivity contribution in [1.29, 1.82) is 0 Å². The molecule has 0 aliphatic carbocycles. The largest absolute Gasteiger partial charge is 0.493 e. The van der Waals surface area contributed by atoms with Gasteiger partial charge in [0.15, 0.2) is 0 Å². The number of nitrogens with zero attached hydrogens (tertiary/aromatic N) is 3. The number of fused-ring (bicyclic) bond motifs is 1. The molecule has 0 amide bonds. The van der Waals surface area contributed by atoms with Crippen molar-refractivity contribution in [3.63, 3.8) is 0 Å². The molecule has 1 atom stereocenters. The molecule has 134 valence electrons. The van der Waals surface area contributed by atoms with E-state index in [2.05, 4.69) is 5.10 Å². The first kappa shape index (κ1) is 16.6. The summed E-state index contributed by atoms with van der Waals surface area (Å²) in [7, 11) is -3.49. The highest BCUT2D eigenvalue weighted by Crippen LogP contribution is 2.31. The van der Waals surface area contributed by atoms with Gasteiger partial charge < -0.3 is 4.74 Å². The van der Waals surface area contributed by atoms with Crippen LogP contribution in [0.2, 0.25) is 0 Å². The van der Waals surface area contributed by atoms with E-state index in [1.165, 1.54) is 0 Å². The SMILES string of the molecule is Cc1cnn(C2CCCN(S(=O)(=O)c3ccc4c(c3)CCCO4)C2)c1. The zero-order valence-electron chi connectivity index (χ0n) is 14.4. The molecule has 1 aromatic carbocycles. The molecule has 7 heteroatoms. The first-order valence-corrected chi connectivity index (χ1v) is 10.2. The first-order chi connectivity index (χ1) is 12.0. The minimum absolute atomic E-state index is 0.0955. The fraction of sp³-hybridized carbons (Fsp3) is 0.500. The maximum absolute atomic E-state index is 13.1. The van der Waals surface area contributed by atoms with Crippen LogP contribution in [0.3, 0.4) is 0 Å². The quantitative estimate of drug-likeness (QED) is 0.843. The predicted molar refractivity (Wildman–Crippen MR) is 94.3 cm³/mol. The molecule has 1 unspecified atom stereocenters. The van der Waals surface area contributed by atoms with Crippen LogP contribution < -0.4 is 4.74 Å². The Balaban J connectivity index is 1.59. The molecule has 1 fully saturated rings. The summed E-state index contributed by atoms with van der Waals surface area (Å²) in [5.74, 6) is 0.814. The zero-order chi connectivity index (χ0) is 17.4. The second-order valence-corrected chi connectivity index (χ2v) is 8.82. The lowest BCUT2D eigenvalue weighted by Crippen LogP contribution is -2.40. The van der Waals surface area contributed by atoms with E-state index in [9.17, 15) is 8.42 Å². The molecule has 6 nitrogen and oxygen atoms in total. The van der Waals surface area contributed by atoms with Gasteiger partial charge in [0.25, 0.3) is 0 Å². The van der Waals surface area contributed by atoms with E-state index in [1.54, 1.807) is 22.5 Å². The van der Waals surface area contributed by atoms with E-state index in [0.717, 1.165) is 42.6 Å². The summed E-state index contributed by atoms with van der Waals surface area (Å²) in [6.45, 7) is 3.73. The van der Waals surface area contributed by atoms with Gasteiger partial charge in [-0.3, -0.25) is 4.68 Å². The smallest absolute Gasteiger partial charge is 0.243 e. The van der Waals surface area contributed by atoms with Crippen molar-refractivity contribution in [3.8, 4) is 5.75 Å². The summed E-state index contributed by atoms with van der Waals surface area (Å²) in [6, 6.07) is 5.34. The third-order valence-electron chi connectivity index (χ3n) is 4.98. The van der Waals surface area contributed by atoms with E-state index in [1.807, 2.05) is 24.0 Å². The van der Waals surface area contributed by atoms with E-state index in [-0.39, 0.29) is 6.04 Å². The minimum Gasteiger partial charge on any atom is -0.493 e. The van der Waals surface area contributed by atoms with Crippen molar-refractivity contribution < 1.29 is 13.2 Å². The van der Waals surface area contributed by atoms with Crippen LogP contribution in [-0.2, 0) is 16.4 Å². The van der Waals surface area contributed by atoms with Crippen LogP contribution in [0.1, 0.15) is 36.4 Å². The maximum atomic E-state index is 13.1. The second kappa shape index (κ2) is 6.46. The number of hydrogen-bond donors (Lipinski definition) is 0. The summed E-state index contributed by atoms with van der Waals surface area (Å²) in [4.78, 5) is 0.369. The number of hydrogen-bond acceptors (Lipinski definition) is 4. The highest BCUT2D eigenvalue weighted by molar-refractivity contribution is 7.89. The van der Waals surface area contributed by atoms with E-state index < -0.39 is 10.0 Å². The van der Waals surface area contributed by atoms with Gasteiger partial charge in [0, 0.05) is 19.3 Å². The molecule has 1 saturated heterocycles. The summed E-state index contributed by atoms with van der Waals surface area (Å²) in [5.41, 5.74) is 2.08. The maximum Gasteiger partial charge on any atom is 0.243 e. The summed E-state index contributed by atoms with van der Waals surface area (Å²) >= 11 is 0. The molecule has 3 heterocycles. The van der Waals surface area contributed by atoms with E-state index in [4.69, 9.17) is 4.74 Å². The van der Waals surface area contributed by atoms with Gasteiger partial charge in [-0.15, -0.1) is 0 Å². The Bertz CT molecular complexity index is 875. The molecule has 25 heavy (non-hydrogen) atoms. The Morgan fingerprint density at radius 3 is 2.96 bits per heavy atom. The van der Waals surface area contributed by atoms with Crippen molar-refractivity contribution in [3.05, 3.63) is 41.7 Å². The Kier molecular flexibility index (Phi) is 4.29. The molecule has 2 aromatic rings. The monoisotopic (exact) mass is 361 g/mol. The third kappa shape index (κ3) is 3.18. The van der Waals surface area contributed by atoms with E-state index in [0.29, 0.717) is 24.6 Å². The number of aryl methyl sites for hydroxylation is 2. The summed E-state index contributed by atoms with van der Waals surface area (Å²) in [5, 5.41) is 4.36. The van der Waals surface area contributed by atoms with Crippen molar-refractivity contribution in [2.75, 3.05) is 19.7 Å². The van der Waals surface area contributed by atoms with Crippen LogP contribution in [0, 0.1) is 6.92 Å². The van der Waals surface area contributed by atoms with E-state index >= 15 is 0 Å². The van der Waals surface area contributed by atoms with Crippen molar-refractivity contribution in [2.45, 2.75) is 43.5 Å². The molecular weight excluding hydrogens is 338 g/mol. The van der Waals surface area contributed by atoms with Crippen molar-refractivity contribution in [1.82, 2.24) is 14.1 Å². The molecule has 0 radical (unpaired) electrons. The molecule has 2 aliphatic heterocycles. The number of sulfonamides is 1. The summed E-state index contributed by atoms with van der Waals surface area (Å²) in [6.07, 6.45) is 7.39. The summed E-state index contributed by atoms with van der Waals surface area (Å²) < 4.78 is 35.3. The van der Waals surface area contributed by atoms with Gasteiger partial charge in [-0.2, -0.15) is 9.40 Å². The number of benzene rings is 1. The average Bonchev–Trinajstić information content (AvgIpc) is 3.08. The van der Waals surface area contributed by atoms with Gasteiger partial charge in [0.2, 0.25) is 10.0 Å². The molecule has 0 N–H and O–H groups in total. The topological polar surface area (TPSA) is 64.4 Å². The molecule has 0 bridgehead atoms. The van der Waals surface area contributed by atoms with Gasteiger partial charge in [0.05, 0.1) is 23.7 Å². The van der Waals surface area contributed by atoms with Gasteiger partial charge in [-0.05, 0) is 61.9 Å². The fourth-order valence-corrected chi connectivity index (χ4v) is 5.20. The van der Waals surface area contributed by atoms with Crippen LogP contribution in [0.15, 0.2) is 35.5 Å². The Morgan fingerprint density at radius 2 is 2.16 bits per heavy atom.